The lowest BCUT2D eigenvalue weighted by molar-refractivity contribution is 0.0436. The van der Waals surface area contributed by atoms with Crippen molar-refractivity contribution in [3.8, 4) is 0 Å². The lowest BCUT2D eigenvalue weighted by Gasteiger charge is -2.46. The second-order valence-electron chi connectivity index (χ2n) is 5.63. The topological polar surface area (TPSA) is 18.5 Å². The second kappa shape index (κ2) is 8.93. The van der Waals surface area contributed by atoms with Crippen LogP contribution in [0.25, 0.3) is 0 Å². The summed E-state index contributed by atoms with van der Waals surface area (Å²) in [5.41, 5.74) is 0.508. The first kappa shape index (κ1) is 16.9. The van der Waals surface area contributed by atoms with Gasteiger partial charge in [-0.25, -0.2) is 0 Å². The zero-order valence-corrected chi connectivity index (χ0v) is 13.7. The SMILES string of the molecule is CC.CCN(CC)CC1(N2CCNCC2)CCCC1. The summed E-state index contributed by atoms with van der Waals surface area (Å²) in [5, 5.41) is 3.48. The summed E-state index contributed by atoms with van der Waals surface area (Å²) >= 11 is 0. The third-order valence-corrected chi connectivity index (χ3v) is 4.73. The average molecular weight is 269 g/mol. The van der Waals surface area contributed by atoms with Gasteiger partial charge in [0, 0.05) is 38.3 Å². The number of nitrogens with zero attached hydrogens (tertiary/aromatic N) is 2. The zero-order chi connectivity index (χ0) is 14.1. The number of hydrogen-bond donors (Lipinski definition) is 1. The van der Waals surface area contributed by atoms with Gasteiger partial charge in [-0.2, -0.15) is 0 Å². The minimum absolute atomic E-state index is 0.508. The normalized spacial score (nSPS) is 23.2. The summed E-state index contributed by atoms with van der Waals surface area (Å²) in [6, 6.07) is 0. The molecule has 0 aromatic carbocycles. The Morgan fingerprint density at radius 1 is 1.00 bits per heavy atom. The van der Waals surface area contributed by atoms with Gasteiger partial charge in [-0.05, 0) is 25.9 Å². The van der Waals surface area contributed by atoms with Crippen LogP contribution in [0.5, 0.6) is 0 Å². The Labute approximate surface area is 120 Å². The van der Waals surface area contributed by atoms with Crippen molar-refractivity contribution in [2.75, 3.05) is 45.8 Å². The van der Waals surface area contributed by atoms with Crippen molar-refractivity contribution in [2.24, 2.45) is 0 Å². The predicted molar refractivity (Wildman–Crippen MR) is 84.8 cm³/mol. The van der Waals surface area contributed by atoms with E-state index < -0.39 is 0 Å². The molecule has 0 radical (unpaired) electrons. The Bertz CT molecular complexity index is 214. The van der Waals surface area contributed by atoms with E-state index in [0.717, 1.165) is 0 Å². The Morgan fingerprint density at radius 3 is 2.00 bits per heavy atom. The molecule has 1 N–H and O–H groups in total. The van der Waals surface area contributed by atoms with Crippen LogP contribution in [0.1, 0.15) is 53.4 Å². The highest BCUT2D eigenvalue weighted by atomic mass is 15.3. The molecule has 114 valence electrons. The van der Waals surface area contributed by atoms with E-state index in [-0.39, 0.29) is 0 Å². The van der Waals surface area contributed by atoms with Gasteiger partial charge in [-0.15, -0.1) is 0 Å². The molecule has 2 rings (SSSR count). The van der Waals surface area contributed by atoms with Crippen molar-refractivity contribution in [3.05, 3.63) is 0 Å². The summed E-state index contributed by atoms with van der Waals surface area (Å²) in [6.45, 7) is 17.1. The first-order valence-corrected chi connectivity index (χ1v) is 8.49. The standard InChI is InChI=1S/C14H29N3.C2H6/c1-3-16(4-2)13-14(7-5-6-8-14)17-11-9-15-10-12-17;1-2/h15H,3-13H2,1-2H3;1-2H3. The Hall–Kier alpha value is -0.120. The molecule has 1 saturated carbocycles. The van der Waals surface area contributed by atoms with Crippen molar-refractivity contribution >= 4 is 0 Å². The third-order valence-electron chi connectivity index (χ3n) is 4.73. The van der Waals surface area contributed by atoms with Crippen molar-refractivity contribution in [3.63, 3.8) is 0 Å². The molecule has 0 amide bonds. The van der Waals surface area contributed by atoms with Crippen LogP contribution >= 0.6 is 0 Å². The van der Waals surface area contributed by atoms with Gasteiger partial charge in [0.25, 0.3) is 0 Å². The van der Waals surface area contributed by atoms with Crippen LogP contribution < -0.4 is 5.32 Å². The van der Waals surface area contributed by atoms with Crippen LogP contribution in [0.3, 0.4) is 0 Å². The summed E-state index contributed by atoms with van der Waals surface area (Å²) in [5.74, 6) is 0. The van der Waals surface area contributed by atoms with E-state index in [1.807, 2.05) is 13.8 Å². The molecule has 19 heavy (non-hydrogen) atoms. The Kier molecular flexibility index (Phi) is 7.96. The van der Waals surface area contributed by atoms with Crippen LogP contribution in [0, 0.1) is 0 Å². The molecule has 3 heteroatoms. The first-order valence-electron chi connectivity index (χ1n) is 8.49. The lowest BCUT2D eigenvalue weighted by Crippen LogP contribution is -2.59. The van der Waals surface area contributed by atoms with Crippen LogP contribution in [0.15, 0.2) is 0 Å². The molecule has 2 fully saturated rings. The lowest BCUT2D eigenvalue weighted by atomic mass is 9.93. The van der Waals surface area contributed by atoms with E-state index in [1.54, 1.807) is 0 Å². The van der Waals surface area contributed by atoms with Gasteiger partial charge in [-0.3, -0.25) is 4.90 Å². The van der Waals surface area contributed by atoms with Gasteiger partial charge in [-0.1, -0.05) is 40.5 Å². The molecule has 0 unspecified atom stereocenters. The number of nitrogens with one attached hydrogen (secondary N) is 1. The number of piperazine rings is 1. The third kappa shape index (κ3) is 4.44. The first-order chi connectivity index (χ1) is 9.30. The maximum atomic E-state index is 3.48. The monoisotopic (exact) mass is 269 g/mol. The van der Waals surface area contributed by atoms with Crippen LogP contribution in [-0.2, 0) is 0 Å². The Balaban J connectivity index is 0.000000861. The molecule has 1 saturated heterocycles. The molecule has 3 nitrogen and oxygen atoms in total. The fourth-order valence-corrected chi connectivity index (χ4v) is 3.61. The fourth-order valence-electron chi connectivity index (χ4n) is 3.61. The minimum atomic E-state index is 0.508. The highest BCUT2D eigenvalue weighted by Gasteiger charge is 2.40. The smallest absolute Gasteiger partial charge is 0.0337 e. The van der Waals surface area contributed by atoms with Gasteiger partial charge < -0.3 is 10.2 Å². The van der Waals surface area contributed by atoms with Crippen LogP contribution in [0.4, 0.5) is 0 Å². The largest absolute Gasteiger partial charge is 0.314 e. The van der Waals surface area contributed by atoms with E-state index in [1.165, 1.54) is 71.5 Å². The zero-order valence-electron chi connectivity index (χ0n) is 13.7. The molecule has 0 atom stereocenters. The quantitative estimate of drug-likeness (QED) is 0.827. The average Bonchev–Trinajstić information content (AvgIpc) is 2.98. The van der Waals surface area contributed by atoms with E-state index in [9.17, 15) is 0 Å². The number of likely N-dealkylation sites (N-methyl/N-ethyl adjacent to an activating group) is 1. The van der Waals surface area contributed by atoms with E-state index in [2.05, 4.69) is 29.0 Å². The fraction of sp³-hybridized carbons (Fsp3) is 1.00. The van der Waals surface area contributed by atoms with Gasteiger partial charge in [0.15, 0.2) is 0 Å². The van der Waals surface area contributed by atoms with Gasteiger partial charge in [0.2, 0.25) is 0 Å². The minimum Gasteiger partial charge on any atom is -0.314 e. The summed E-state index contributed by atoms with van der Waals surface area (Å²) in [4.78, 5) is 5.40. The molecule has 0 bridgehead atoms. The molecular formula is C16H35N3. The highest BCUT2D eigenvalue weighted by molar-refractivity contribution is 4.98. The maximum Gasteiger partial charge on any atom is 0.0337 e. The molecule has 0 spiro atoms. The highest BCUT2D eigenvalue weighted by Crippen LogP contribution is 2.36. The number of hydrogen-bond acceptors (Lipinski definition) is 3. The summed E-state index contributed by atoms with van der Waals surface area (Å²) in [6.07, 6.45) is 5.71. The van der Waals surface area contributed by atoms with Crippen LogP contribution in [-0.4, -0.2) is 61.2 Å². The maximum absolute atomic E-state index is 3.48. The number of rotatable bonds is 5. The molecule has 0 aromatic rings. The molecule has 1 heterocycles. The van der Waals surface area contributed by atoms with E-state index in [4.69, 9.17) is 0 Å². The second-order valence-corrected chi connectivity index (χ2v) is 5.63. The van der Waals surface area contributed by atoms with E-state index in [0.29, 0.717) is 5.54 Å². The molecule has 1 aliphatic heterocycles. The van der Waals surface area contributed by atoms with Crippen molar-refractivity contribution in [1.29, 1.82) is 0 Å². The summed E-state index contributed by atoms with van der Waals surface area (Å²) < 4.78 is 0. The van der Waals surface area contributed by atoms with Crippen molar-refractivity contribution in [2.45, 2.75) is 58.9 Å². The van der Waals surface area contributed by atoms with Gasteiger partial charge in [0.1, 0.15) is 0 Å². The van der Waals surface area contributed by atoms with Gasteiger partial charge in [0.05, 0.1) is 0 Å². The van der Waals surface area contributed by atoms with Crippen molar-refractivity contribution < 1.29 is 0 Å². The predicted octanol–water partition coefficient (Wildman–Crippen LogP) is 2.57. The molecule has 1 aliphatic carbocycles. The van der Waals surface area contributed by atoms with Crippen molar-refractivity contribution in [1.82, 2.24) is 15.1 Å². The van der Waals surface area contributed by atoms with E-state index >= 15 is 0 Å². The van der Waals surface area contributed by atoms with Gasteiger partial charge >= 0.3 is 0 Å². The molecular weight excluding hydrogens is 234 g/mol. The molecule has 0 aromatic heterocycles. The Morgan fingerprint density at radius 2 is 1.53 bits per heavy atom. The summed E-state index contributed by atoms with van der Waals surface area (Å²) in [7, 11) is 0. The molecule has 2 aliphatic rings. The van der Waals surface area contributed by atoms with Crippen LogP contribution in [0.2, 0.25) is 0 Å².